The molecule has 0 saturated heterocycles. The van der Waals surface area contributed by atoms with Crippen molar-refractivity contribution >= 4 is 36.0 Å². The van der Waals surface area contributed by atoms with Crippen molar-refractivity contribution in [1.82, 2.24) is 29.1 Å². The molecule has 6 rings (SSSR count). The smallest absolute Gasteiger partial charge is 0.254 e. The highest BCUT2D eigenvalue weighted by Crippen LogP contribution is 2.49. The summed E-state index contributed by atoms with van der Waals surface area (Å²) in [4.78, 5) is 29.9. The topological polar surface area (TPSA) is 93.0 Å². The molecule has 0 radical (unpaired) electrons. The highest BCUT2D eigenvalue weighted by molar-refractivity contribution is 7.84. The minimum atomic E-state index is -2.68. The van der Waals surface area contributed by atoms with Crippen LogP contribution in [0, 0.1) is 11.5 Å². The van der Waals surface area contributed by atoms with Gasteiger partial charge in [0.15, 0.2) is 0 Å². The van der Waals surface area contributed by atoms with E-state index in [9.17, 15) is 9.00 Å². The number of carbonyl (C=O) groups is 1. The molecule has 2 aliphatic heterocycles. The van der Waals surface area contributed by atoms with E-state index in [2.05, 4.69) is 68.4 Å². The Morgan fingerprint density at radius 1 is 1.00 bits per heavy atom. The number of rotatable bonds is 8. The highest BCUT2D eigenvalue weighted by atomic mass is 32.2. The summed E-state index contributed by atoms with van der Waals surface area (Å²) < 4.78 is 43.5. The van der Waals surface area contributed by atoms with Crippen LogP contribution in [0.5, 0.6) is 0 Å². The van der Waals surface area contributed by atoms with E-state index in [1.165, 1.54) is 0 Å². The lowest BCUT2D eigenvalue weighted by atomic mass is 9.93. The first kappa shape index (κ1) is 33.2. The Bertz CT molecular complexity index is 2160. The second kappa shape index (κ2) is 13.4. The molecule has 1 amide bonds. The molecule has 0 saturated carbocycles. The van der Waals surface area contributed by atoms with Crippen LogP contribution in [0.25, 0.3) is 22.2 Å². The van der Waals surface area contributed by atoms with Gasteiger partial charge in [0.1, 0.15) is 19.7 Å². The molecule has 51 heavy (non-hydrogen) atoms. The average molecular weight is 726 g/mol. The minimum Gasteiger partial charge on any atom is -0.331 e. The Morgan fingerprint density at radius 2 is 1.67 bits per heavy atom. The molecule has 2 unspecified atom stereocenters. The lowest BCUT2D eigenvalue weighted by Crippen LogP contribution is -2.46. The molecule has 270 valence electrons. The summed E-state index contributed by atoms with van der Waals surface area (Å²) in [5.41, 5.74) is 9.57. The number of benzene rings is 2. The zero-order chi connectivity index (χ0) is 39.7. The van der Waals surface area contributed by atoms with Gasteiger partial charge in [-0.05, 0) is 80.6 Å². The van der Waals surface area contributed by atoms with Gasteiger partial charge in [-0.1, -0.05) is 66.5 Å². The van der Waals surface area contributed by atoms with Crippen LogP contribution in [0.1, 0.15) is 138 Å². The molecule has 4 atom stereocenters. The number of nitrogens with zero attached hydrogens (tertiary/aromatic N) is 5. The van der Waals surface area contributed by atoms with Gasteiger partial charge in [-0.15, -0.1) is 5.54 Å². The van der Waals surface area contributed by atoms with E-state index >= 15 is 0 Å². The zero-order valence-corrected chi connectivity index (χ0v) is 33.7. The minimum absolute atomic E-state index is 0.353. The summed E-state index contributed by atoms with van der Waals surface area (Å²) in [5.74, 6) is 4.22. The van der Waals surface area contributed by atoms with Crippen LogP contribution in [0.15, 0.2) is 48.8 Å². The van der Waals surface area contributed by atoms with Gasteiger partial charge in [0, 0.05) is 52.2 Å². The second-order valence-corrected chi connectivity index (χ2v) is 23.9. The normalized spacial score (nSPS) is 20.3. The average Bonchev–Trinajstić information content (AvgIpc) is 3.59. The molecular weight excluding hydrogens is 669 g/mol. The number of imidazole rings is 1. The Balaban J connectivity index is 1.50. The molecule has 4 heterocycles. The number of hydrogen-bond donors (Lipinski definition) is 1. The first-order valence-corrected chi connectivity index (χ1v) is 21.6. The largest absolute Gasteiger partial charge is 0.331 e. The van der Waals surface area contributed by atoms with Crippen molar-refractivity contribution in [3.05, 3.63) is 77.1 Å². The predicted molar refractivity (Wildman–Crippen MR) is 211 cm³/mol. The lowest BCUT2D eigenvalue weighted by molar-refractivity contribution is 0.0734. The fourth-order valence-electron chi connectivity index (χ4n) is 8.24. The summed E-state index contributed by atoms with van der Waals surface area (Å²) in [7, 11) is -3.44. The zero-order valence-electron chi connectivity index (χ0n) is 34.9. The first-order chi connectivity index (χ1) is 25.2. The molecule has 10 heteroatoms. The van der Waals surface area contributed by atoms with E-state index in [1.807, 2.05) is 58.9 Å². The molecule has 2 bridgehead atoms. The van der Waals surface area contributed by atoms with E-state index < -0.39 is 48.3 Å². The molecule has 2 aliphatic rings. The Morgan fingerprint density at radius 3 is 2.25 bits per heavy atom. The molecule has 8 nitrogen and oxygen atoms in total. The van der Waals surface area contributed by atoms with Crippen molar-refractivity contribution in [2.45, 2.75) is 128 Å². The highest BCUT2D eigenvalue weighted by Gasteiger charge is 2.45. The van der Waals surface area contributed by atoms with Gasteiger partial charge in [0.05, 0.1) is 44.4 Å². The van der Waals surface area contributed by atoms with E-state index in [0.717, 1.165) is 32.7 Å². The van der Waals surface area contributed by atoms with E-state index in [-0.39, 0.29) is 6.04 Å². The maximum absolute atomic E-state index is 14.3. The number of carbonyl (C=O) groups excluding carboxylic acids is 1. The van der Waals surface area contributed by atoms with Crippen LogP contribution in [-0.4, -0.2) is 54.3 Å². The van der Waals surface area contributed by atoms with Crippen LogP contribution in [0.3, 0.4) is 0 Å². The van der Waals surface area contributed by atoms with E-state index in [0.29, 0.717) is 52.2 Å². The first-order valence-electron chi connectivity index (χ1n) is 19.7. The second-order valence-electron chi connectivity index (χ2n) is 16.4. The van der Waals surface area contributed by atoms with Crippen LogP contribution in [0.4, 0.5) is 0 Å². The number of amides is 1. The summed E-state index contributed by atoms with van der Waals surface area (Å²) >= 11 is 0. The van der Waals surface area contributed by atoms with Gasteiger partial charge >= 0.3 is 0 Å². The number of nitrogens with one attached hydrogen (secondary N) is 1. The molecule has 2 aromatic heterocycles. The summed E-state index contributed by atoms with van der Waals surface area (Å²) in [6.45, 7) is 20.8. The van der Waals surface area contributed by atoms with Crippen molar-refractivity contribution in [1.29, 1.82) is 0 Å². The van der Waals surface area contributed by atoms with Crippen molar-refractivity contribution in [2.75, 3.05) is 6.98 Å². The number of fused-ring (bicyclic) bond motifs is 9. The Hall–Kier alpha value is -3.65. The van der Waals surface area contributed by atoms with Crippen LogP contribution in [0.2, 0.25) is 16.6 Å². The standard InChI is InChI=1S/C41H54N6O2SSi/c1-13-41(11,45-50(49)40(8,9)10)39-42-23-30(24-43-39)29-17-18-32-33(21-29)47-34-22-35(37(47)44-32)46(12)38(48)31-16-14-15-28(36(31)34)19-20-51(25(2)3,26(4)5)27(6)7/h14-18,21,23-27,34-35,45H,13,22H2,1-12H3/t34-,35-,41?,50?/m1/s1/i12D3. The maximum Gasteiger partial charge on any atom is 0.254 e. The summed E-state index contributed by atoms with van der Waals surface area (Å²) in [6.07, 6.45) is 4.60. The molecular formula is C41H54N6O2SSi. The van der Waals surface area contributed by atoms with Crippen molar-refractivity contribution in [3.63, 3.8) is 0 Å². The monoisotopic (exact) mass is 725 g/mol. The molecule has 0 fully saturated rings. The molecule has 0 spiro atoms. The van der Waals surface area contributed by atoms with Gasteiger partial charge in [-0.3, -0.25) is 4.79 Å². The Labute approximate surface area is 312 Å². The van der Waals surface area contributed by atoms with Gasteiger partial charge in [0.2, 0.25) is 0 Å². The number of hydrogen-bond acceptors (Lipinski definition) is 5. The Kier molecular flexibility index (Phi) is 8.72. The third-order valence-electron chi connectivity index (χ3n) is 11.3. The molecule has 4 aromatic rings. The van der Waals surface area contributed by atoms with Crippen LogP contribution < -0.4 is 4.72 Å². The lowest BCUT2D eigenvalue weighted by Gasteiger charge is -2.38. The van der Waals surface area contributed by atoms with Crippen molar-refractivity contribution < 1.29 is 13.1 Å². The summed E-state index contributed by atoms with van der Waals surface area (Å²) in [5, 5.41) is 0. The van der Waals surface area contributed by atoms with Crippen molar-refractivity contribution in [2.24, 2.45) is 0 Å². The van der Waals surface area contributed by atoms with Crippen LogP contribution in [-0.2, 0) is 16.5 Å². The van der Waals surface area contributed by atoms with Gasteiger partial charge < -0.3 is 9.47 Å². The SMILES string of the molecule is [2H]C([2H])([2H])N1C(=O)c2cccc(C#C[Si](C(C)C)(C(C)C)C(C)C)c2[C@H]2C[C@@H]1c1nc3ccc(-c4cnc(C(C)(CC)NS(=O)C(C)(C)C)nc4)cc3n12. The van der Waals surface area contributed by atoms with Gasteiger partial charge in [0.25, 0.3) is 5.91 Å². The third-order valence-corrected chi connectivity index (χ3v) is 19.4. The van der Waals surface area contributed by atoms with Crippen molar-refractivity contribution in [3.8, 4) is 22.6 Å². The fraction of sp³-hybridized carbons (Fsp3) is 0.512. The maximum atomic E-state index is 14.3. The molecule has 2 aromatic carbocycles. The van der Waals surface area contributed by atoms with Gasteiger partial charge in [-0.2, -0.15) is 0 Å². The molecule has 1 N–H and O–H groups in total. The quantitative estimate of drug-likeness (QED) is 0.145. The van der Waals surface area contributed by atoms with E-state index in [1.54, 1.807) is 18.5 Å². The molecule has 0 aliphatic carbocycles. The fourth-order valence-corrected chi connectivity index (χ4v) is 14.4. The predicted octanol–water partition coefficient (Wildman–Crippen LogP) is 8.86. The summed E-state index contributed by atoms with van der Waals surface area (Å²) in [6, 6.07) is 10.4. The van der Waals surface area contributed by atoms with Crippen LogP contribution >= 0.6 is 0 Å². The van der Waals surface area contributed by atoms with E-state index in [4.69, 9.17) is 19.1 Å². The van der Waals surface area contributed by atoms with Gasteiger partial charge in [-0.25, -0.2) is 23.9 Å². The number of aromatic nitrogens is 4. The third kappa shape index (κ3) is 6.19.